The van der Waals surface area contributed by atoms with E-state index in [2.05, 4.69) is 21.8 Å². The Hall–Kier alpha value is -1.75. The van der Waals surface area contributed by atoms with Gasteiger partial charge >= 0.3 is 0 Å². The first-order valence-electron chi connectivity index (χ1n) is 9.29. The molecule has 1 saturated heterocycles. The van der Waals surface area contributed by atoms with Crippen LogP contribution in [0.5, 0.6) is 0 Å². The minimum Gasteiger partial charge on any atom is -0.381 e. The van der Waals surface area contributed by atoms with Gasteiger partial charge in [-0.3, -0.25) is 4.98 Å². The molecular formula is C19H26N4O. The van der Waals surface area contributed by atoms with E-state index in [1.807, 2.05) is 12.4 Å². The van der Waals surface area contributed by atoms with Crippen molar-refractivity contribution in [2.45, 2.75) is 57.4 Å². The number of hydrogen-bond donors (Lipinski definition) is 0. The summed E-state index contributed by atoms with van der Waals surface area (Å²) in [6.45, 7) is 2.62. The van der Waals surface area contributed by atoms with E-state index in [9.17, 15) is 0 Å². The molecule has 5 nitrogen and oxygen atoms in total. The van der Waals surface area contributed by atoms with Gasteiger partial charge in [0, 0.05) is 37.9 Å². The lowest BCUT2D eigenvalue weighted by Gasteiger charge is -2.21. The molecule has 24 heavy (non-hydrogen) atoms. The van der Waals surface area contributed by atoms with Gasteiger partial charge in [-0.25, -0.2) is 9.67 Å². The van der Waals surface area contributed by atoms with Gasteiger partial charge in [-0.05, 0) is 42.9 Å². The van der Waals surface area contributed by atoms with Crippen LogP contribution in [-0.2, 0) is 17.7 Å². The molecular weight excluding hydrogens is 300 g/mol. The van der Waals surface area contributed by atoms with E-state index in [0.29, 0.717) is 5.92 Å². The SMILES string of the molecule is c1cc(Cc2nc([C@@H]3CCOC3)nn2CC2CCCCC2)ccn1. The Kier molecular flexibility index (Phi) is 4.88. The van der Waals surface area contributed by atoms with Crippen molar-refractivity contribution < 1.29 is 4.74 Å². The van der Waals surface area contributed by atoms with Gasteiger partial charge in [0.05, 0.1) is 6.61 Å². The highest BCUT2D eigenvalue weighted by molar-refractivity contribution is 5.16. The molecule has 4 rings (SSSR count). The summed E-state index contributed by atoms with van der Waals surface area (Å²) in [5.41, 5.74) is 1.25. The van der Waals surface area contributed by atoms with Crippen molar-refractivity contribution in [2.24, 2.45) is 5.92 Å². The lowest BCUT2D eigenvalue weighted by molar-refractivity contribution is 0.193. The number of nitrogens with zero attached hydrogens (tertiary/aromatic N) is 4. The molecule has 2 aromatic heterocycles. The van der Waals surface area contributed by atoms with E-state index in [0.717, 1.165) is 50.2 Å². The first-order valence-corrected chi connectivity index (χ1v) is 9.29. The Bertz CT molecular complexity index is 643. The zero-order chi connectivity index (χ0) is 16.2. The summed E-state index contributed by atoms with van der Waals surface area (Å²) in [7, 11) is 0. The largest absolute Gasteiger partial charge is 0.381 e. The summed E-state index contributed by atoms with van der Waals surface area (Å²) in [5.74, 6) is 3.19. The fourth-order valence-corrected chi connectivity index (χ4v) is 3.88. The fourth-order valence-electron chi connectivity index (χ4n) is 3.88. The lowest BCUT2D eigenvalue weighted by atomic mass is 9.89. The third-order valence-electron chi connectivity index (χ3n) is 5.33. The van der Waals surface area contributed by atoms with Gasteiger partial charge in [-0.1, -0.05) is 19.3 Å². The van der Waals surface area contributed by atoms with Crippen molar-refractivity contribution in [2.75, 3.05) is 13.2 Å². The predicted octanol–water partition coefficient (Wildman–Crippen LogP) is 3.35. The molecule has 0 radical (unpaired) electrons. The van der Waals surface area contributed by atoms with Crippen LogP contribution in [0, 0.1) is 5.92 Å². The number of pyridine rings is 1. The molecule has 2 aliphatic rings. The van der Waals surface area contributed by atoms with Crippen molar-refractivity contribution in [3.8, 4) is 0 Å². The zero-order valence-electron chi connectivity index (χ0n) is 14.2. The molecule has 2 aromatic rings. The number of ether oxygens (including phenoxy) is 1. The fraction of sp³-hybridized carbons (Fsp3) is 0.632. The average Bonchev–Trinajstić information content (AvgIpc) is 3.27. The van der Waals surface area contributed by atoms with Crippen molar-refractivity contribution in [3.63, 3.8) is 0 Å². The van der Waals surface area contributed by atoms with Crippen LogP contribution < -0.4 is 0 Å². The third-order valence-corrected chi connectivity index (χ3v) is 5.33. The van der Waals surface area contributed by atoms with Crippen LogP contribution in [0.2, 0.25) is 0 Å². The van der Waals surface area contributed by atoms with Gasteiger partial charge in [0.25, 0.3) is 0 Å². The second-order valence-electron chi connectivity index (χ2n) is 7.17. The molecule has 0 aromatic carbocycles. The summed E-state index contributed by atoms with van der Waals surface area (Å²) in [6, 6.07) is 4.13. The van der Waals surface area contributed by atoms with Crippen LogP contribution in [-0.4, -0.2) is 33.0 Å². The van der Waals surface area contributed by atoms with Crippen molar-refractivity contribution in [1.29, 1.82) is 0 Å². The highest BCUT2D eigenvalue weighted by Gasteiger charge is 2.25. The Labute approximate surface area is 143 Å². The second kappa shape index (κ2) is 7.43. The predicted molar refractivity (Wildman–Crippen MR) is 91.8 cm³/mol. The summed E-state index contributed by atoms with van der Waals surface area (Å²) < 4.78 is 7.72. The minimum atomic E-state index is 0.369. The second-order valence-corrected chi connectivity index (χ2v) is 7.17. The maximum absolute atomic E-state index is 5.53. The van der Waals surface area contributed by atoms with Crippen LogP contribution >= 0.6 is 0 Å². The maximum atomic E-state index is 5.53. The van der Waals surface area contributed by atoms with Gasteiger partial charge < -0.3 is 4.74 Å². The summed E-state index contributed by atoms with van der Waals surface area (Å²) >= 11 is 0. The summed E-state index contributed by atoms with van der Waals surface area (Å²) in [5, 5.41) is 4.89. The molecule has 0 amide bonds. The first kappa shape index (κ1) is 15.8. The van der Waals surface area contributed by atoms with Crippen molar-refractivity contribution >= 4 is 0 Å². The van der Waals surface area contributed by atoms with Crippen molar-refractivity contribution in [1.82, 2.24) is 19.7 Å². The molecule has 1 atom stereocenters. The van der Waals surface area contributed by atoms with Crippen LogP contribution in [0.3, 0.4) is 0 Å². The Morgan fingerprint density at radius 3 is 2.67 bits per heavy atom. The highest BCUT2D eigenvalue weighted by atomic mass is 16.5. The topological polar surface area (TPSA) is 52.8 Å². The molecule has 5 heteroatoms. The number of hydrogen-bond acceptors (Lipinski definition) is 4. The van der Waals surface area contributed by atoms with E-state index in [4.69, 9.17) is 14.8 Å². The third kappa shape index (κ3) is 3.66. The maximum Gasteiger partial charge on any atom is 0.156 e. The van der Waals surface area contributed by atoms with Crippen LogP contribution in [0.4, 0.5) is 0 Å². The Morgan fingerprint density at radius 1 is 1.08 bits per heavy atom. The van der Waals surface area contributed by atoms with Gasteiger partial charge in [0.1, 0.15) is 5.82 Å². The zero-order valence-corrected chi connectivity index (χ0v) is 14.2. The number of rotatable bonds is 5. The average molecular weight is 326 g/mol. The molecule has 1 aliphatic carbocycles. The van der Waals surface area contributed by atoms with Crippen LogP contribution in [0.25, 0.3) is 0 Å². The van der Waals surface area contributed by atoms with Crippen molar-refractivity contribution in [3.05, 3.63) is 41.7 Å². The highest BCUT2D eigenvalue weighted by Crippen LogP contribution is 2.27. The Balaban J connectivity index is 1.56. The standard InChI is InChI=1S/C19H26N4O/c1-2-4-16(5-3-1)13-23-18(12-15-6-9-20-10-7-15)21-19(22-23)17-8-11-24-14-17/h6-7,9-10,16-17H,1-5,8,11-14H2/t17-/m1/s1. The lowest BCUT2D eigenvalue weighted by Crippen LogP contribution is -2.17. The Morgan fingerprint density at radius 2 is 1.92 bits per heavy atom. The van der Waals surface area contributed by atoms with E-state index in [1.54, 1.807) is 0 Å². The van der Waals surface area contributed by atoms with E-state index >= 15 is 0 Å². The monoisotopic (exact) mass is 326 g/mol. The minimum absolute atomic E-state index is 0.369. The quantitative estimate of drug-likeness (QED) is 0.845. The summed E-state index contributed by atoms with van der Waals surface area (Å²) in [6.07, 6.45) is 12.4. The number of aromatic nitrogens is 4. The normalized spacial score (nSPS) is 22.1. The molecule has 2 fully saturated rings. The molecule has 0 spiro atoms. The van der Waals surface area contributed by atoms with Gasteiger partial charge in [-0.15, -0.1) is 0 Å². The van der Waals surface area contributed by atoms with Crippen LogP contribution in [0.1, 0.15) is 61.7 Å². The molecule has 1 aliphatic heterocycles. The molecule has 0 bridgehead atoms. The smallest absolute Gasteiger partial charge is 0.156 e. The van der Waals surface area contributed by atoms with Gasteiger partial charge in [0.15, 0.2) is 5.82 Å². The van der Waals surface area contributed by atoms with E-state index < -0.39 is 0 Å². The molecule has 3 heterocycles. The molecule has 0 N–H and O–H groups in total. The van der Waals surface area contributed by atoms with E-state index in [-0.39, 0.29) is 0 Å². The van der Waals surface area contributed by atoms with Gasteiger partial charge in [-0.2, -0.15) is 5.10 Å². The summed E-state index contributed by atoms with van der Waals surface area (Å²) in [4.78, 5) is 9.02. The van der Waals surface area contributed by atoms with E-state index in [1.165, 1.54) is 37.7 Å². The molecule has 128 valence electrons. The van der Waals surface area contributed by atoms with Crippen LogP contribution in [0.15, 0.2) is 24.5 Å². The molecule has 0 unspecified atom stereocenters. The molecule has 1 saturated carbocycles. The van der Waals surface area contributed by atoms with Gasteiger partial charge in [0.2, 0.25) is 0 Å². The first-order chi connectivity index (χ1) is 11.9.